The fourth-order valence-corrected chi connectivity index (χ4v) is 2.31. The van der Waals surface area contributed by atoms with E-state index in [0.29, 0.717) is 6.61 Å². The third-order valence-corrected chi connectivity index (χ3v) is 3.16. The lowest BCUT2D eigenvalue weighted by atomic mass is 9.80. The van der Waals surface area contributed by atoms with Crippen molar-refractivity contribution in [2.24, 2.45) is 11.7 Å². The molecule has 0 heterocycles. The van der Waals surface area contributed by atoms with Crippen LogP contribution >= 0.6 is 0 Å². The molecule has 0 aromatic heterocycles. The summed E-state index contributed by atoms with van der Waals surface area (Å²) < 4.78 is 5.05. The summed E-state index contributed by atoms with van der Waals surface area (Å²) in [6.07, 6.45) is 1.70. The molecule has 0 spiro atoms. The van der Waals surface area contributed by atoms with E-state index in [1.54, 1.807) is 0 Å². The van der Waals surface area contributed by atoms with Crippen molar-refractivity contribution in [1.82, 2.24) is 0 Å². The number of rotatable bonds is 2. The molecule has 0 radical (unpaired) electrons. The van der Waals surface area contributed by atoms with Gasteiger partial charge in [0.1, 0.15) is 0 Å². The SMILES string of the molecule is CCOC(=O)[C@@H]1CCc2ccccc2[C@@H]1N. The number of ether oxygens (including phenoxy) is 1. The van der Waals surface area contributed by atoms with Crippen LogP contribution in [0.4, 0.5) is 0 Å². The average molecular weight is 219 g/mol. The van der Waals surface area contributed by atoms with E-state index < -0.39 is 0 Å². The molecular formula is C13H17NO2. The summed E-state index contributed by atoms with van der Waals surface area (Å²) in [7, 11) is 0. The van der Waals surface area contributed by atoms with Gasteiger partial charge in [-0.15, -0.1) is 0 Å². The van der Waals surface area contributed by atoms with E-state index in [1.807, 2.05) is 25.1 Å². The van der Waals surface area contributed by atoms with E-state index in [2.05, 4.69) is 6.07 Å². The zero-order chi connectivity index (χ0) is 11.5. The van der Waals surface area contributed by atoms with Gasteiger partial charge < -0.3 is 10.5 Å². The molecule has 0 saturated heterocycles. The van der Waals surface area contributed by atoms with Crippen LogP contribution in [0.25, 0.3) is 0 Å². The Morgan fingerprint density at radius 1 is 1.50 bits per heavy atom. The predicted molar refractivity (Wildman–Crippen MR) is 61.8 cm³/mol. The van der Waals surface area contributed by atoms with Gasteiger partial charge in [0.2, 0.25) is 0 Å². The number of benzene rings is 1. The number of fused-ring (bicyclic) bond motifs is 1. The molecule has 1 aliphatic carbocycles. The number of carbonyl (C=O) groups is 1. The van der Waals surface area contributed by atoms with E-state index in [-0.39, 0.29) is 17.9 Å². The summed E-state index contributed by atoms with van der Waals surface area (Å²) in [6.45, 7) is 2.24. The fraction of sp³-hybridized carbons (Fsp3) is 0.462. The Balaban J connectivity index is 2.21. The zero-order valence-corrected chi connectivity index (χ0v) is 9.48. The van der Waals surface area contributed by atoms with Crippen LogP contribution in [0, 0.1) is 5.92 Å². The first-order chi connectivity index (χ1) is 7.74. The lowest BCUT2D eigenvalue weighted by Crippen LogP contribution is -2.33. The highest BCUT2D eigenvalue weighted by molar-refractivity contribution is 5.74. The van der Waals surface area contributed by atoms with E-state index in [4.69, 9.17) is 10.5 Å². The maximum Gasteiger partial charge on any atom is 0.310 e. The van der Waals surface area contributed by atoms with Crippen LogP contribution in [0.5, 0.6) is 0 Å². The molecule has 2 N–H and O–H groups in total. The number of esters is 1. The van der Waals surface area contributed by atoms with Crippen LogP contribution < -0.4 is 5.73 Å². The van der Waals surface area contributed by atoms with Gasteiger partial charge in [-0.3, -0.25) is 4.79 Å². The van der Waals surface area contributed by atoms with Crippen molar-refractivity contribution in [1.29, 1.82) is 0 Å². The van der Waals surface area contributed by atoms with E-state index in [1.165, 1.54) is 5.56 Å². The first kappa shape index (κ1) is 11.1. The minimum atomic E-state index is -0.219. The number of nitrogens with two attached hydrogens (primary N) is 1. The van der Waals surface area contributed by atoms with E-state index in [0.717, 1.165) is 18.4 Å². The maximum atomic E-state index is 11.7. The molecule has 0 aliphatic heterocycles. The van der Waals surface area contributed by atoms with Crippen LogP contribution in [0.3, 0.4) is 0 Å². The van der Waals surface area contributed by atoms with Crippen molar-refractivity contribution >= 4 is 5.97 Å². The molecular weight excluding hydrogens is 202 g/mol. The standard InChI is InChI=1S/C13H17NO2/c1-2-16-13(15)11-8-7-9-5-3-4-6-10(9)12(11)14/h3-6,11-12H,2,7-8,14H2,1H3/t11-,12+/m1/s1. The average Bonchev–Trinajstić information content (AvgIpc) is 2.30. The molecule has 0 saturated carbocycles. The lowest BCUT2D eigenvalue weighted by Gasteiger charge is -2.29. The minimum absolute atomic E-state index is 0.162. The Bertz CT molecular complexity index is 389. The number of hydrogen-bond donors (Lipinski definition) is 1. The van der Waals surface area contributed by atoms with Gasteiger partial charge in [-0.1, -0.05) is 24.3 Å². The summed E-state index contributed by atoms with van der Waals surface area (Å²) in [5, 5.41) is 0. The second-order valence-corrected chi connectivity index (χ2v) is 4.12. The second kappa shape index (κ2) is 4.66. The van der Waals surface area contributed by atoms with Gasteiger partial charge in [0.15, 0.2) is 0 Å². The Kier molecular flexibility index (Phi) is 3.25. The molecule has 1 aromatic rings. The smallest absolute Gasteiger partial charge is 0.310 e. The molecule has 3 nitrogen and oxygen atoms in total. The summed E-state index contributed by atoms with van der Waals surface area (Å²) >= 11 is 0. The molecule has 2 atom stereocenters. The molecule has 16 heavy (non-hydrogen) atoms. The van der Waals surface area contributed by atoms with Crippen LogP contribution in [-0.4, -0.2) is 12.6 Å². The van der Waals surface area contributed by atoms with Gasteiger partial charge >= 0.3 is 5.97 Å². The first-order valence-electron chi connectivity index (χ1n) is 5.74. The number of hydrogen-bond acceptors (Lipinski definition) is 3. The Hall–Kier alpha value is -1.35. The van der Waals surface area contributed by atoms with Gasteiger partial charge in [-0.25, -0.2) is 0 Å². The van der Waals surface area contributed by atoms with Crippen molar-refractivity contribution in [3.63, 3.8) is 0 Å². The van der Waals surface area contributed by atoms with Crippen molar-refractivity contribution in [2.45, 2.75) is 25.8 Å². The highest BCUT2D eigenvalue weighted by Gasteiger charge is 2.32. The molecule has 0 unspecified atom stereocenters. The summed E-state index contributed by atoms with van der Waals surface area (Å²) in [5.74, 6) is -0.348. The van der Waals surface area contributed by atoms with Crippen molar-refractivity contribution < 1.29 is 9.53 Å². The molecule has 86 valence electrons. The molecule has 1 aromatic carbocycles. The third kappa shape index (κ3) is 1.95. The molecule has 1 aliphatic rings. The van der Waals surface area contributed by atoms with E-state index >= 15 is 0 Å². The lowest BCUT2D eigenvalue weighted by molar-refractivity contribution is -0.149. The topological polar surface area (TPSA) is 52.3 Å². The van der Waals surface area contributed by atoms with Gasteiger partial charge in [0.05, 0.1) is 12.5 Å². The van der Waals surface area contributed by atoms with Gasteiger partial charge in [-0.05, 0) is 30.9 Å². The van der Waals surface area contributed by atoms with Crippen molar-refractivity contribution in [3.8, 4) is 0 Å². The van der Waals surface area contributed by atoms with Gasteiger partial charge in [0, 0.05) is 6.04 Å². The molecule has 2 rings (SSSR count). The van der Waals surface area contributed by atoms with Crippen LogP contribution in [0.1, 0.15) is 30.5 Å². The van der Waals surface area contributed by atoms with Crippen LogP contribution in [0.2, 0.25) is 0 Å². The van der Waals surface area contributed by atoms with Crippen LogP contribution in [-0.2, 0) is 16.0 Å². The molecule has 0 fully saturated rings. The second-order valence-electron chi connectivity index (χ2n) is 4.12. The Morgan fingerprint density at radius 2 is 2.25 bits per heavy atom. The highest BCUT2D eigenvalue weighted by Crippen LogP contribution is 2.33. The van der Waals surface area contributed by atoms with E-state index in [9.17, 15) is 4.79 Å². The van der Waals surface area contributed by atoms with Crippen molar-refractivity contribution in [2.75, 3.05) is 6.61 Å². The Labute approximate surface area is 95.6 Å². The summed E-state index contributed by atoms with van der Waals surface area (Å²) in [4.78, 5) is 11.7. The quantitative estimate of drug-likeness (QED) is 0.772. The molecule has 0 amide bonds. The number of aryl methyl sites for hydroxylation is 1. The number of carbonyl (C=O) groups excluding carboxylic acids is 1. The fourth-order valence-electron chi connectivity index (χ4n) is 2.31. The van der Waals surface area contributed by atoms with Crippen LogP contribution in [0.15, 0.2) is 24.3 Å². The molecule has 0 bridgehead atoms. The minimum Gasteiger partial charge on any atom is -0.466 e. The zero-order valence-electron chi connectivity index (χ0n) is 9.48. The first-order valence-corrected chi connectivity index (χ1v) is 5.74. The normalized spacial score (nSPS) is 23.6. The molecule has 3 heteroatoms. The third-order valence-electron chi connectivity index (χ3n) is 3.16. The van der Waals surface area contributed by atoms with Gasteiger partial charge in [0.25, 0.3) is 0 Å². The maximum absolute atomic E-state index is 11.7. The largest absolute Gasteiger partial charge is 0.466 e. The predicted octanol–water partition coefficient (Wildman–Crippen LogP) is 1.81. The summed E-state index contributed by atoms with van der Waals surface area (Å²) in [5.41, 5.74) is 8.47. The van der Waals surface area contributed by atoms with Gasteiger partial charge in [-0.2, -0.15) is 0 Å². The Morgan fingerprint density at radius 3 is 3.00 bits per heavy atom. The monoisotopic (exact) mass is 219 g/mol. The summed E-state index contributed by atoms with van der Waals surface area (Å²) in [6, 6.07) is 7.84. The highest BCUT2D eigenvalue weighted by atomic mass is 16.5. The van der Waals surface area contributed by atoms with Crippen molar-refractivity contribution in [3.05, 3.63) is 35.4 Å².